The predicted molar refractivity (Wildman–Crippen MR) is 86.5 cm³/mol. The molecule has 2 aromatic carbocycles. The maximum absolute atomic E-state index is 12.7. The van der Waals surface area contributed by atoms with Gasteiger partial charge in [0.05, 0.1) is 35.1 Å². The van der Waals surface area contributed by atoms with Crippen LogP contribution in [0.3, 0.4) is 0 Å². The molecule has 0 aliphatic heterocycles. The Balaban J connectivity index is 1.99. The largest absolute Gasteiger partial charge is 0.416 e. The summed E-state index contributed by atoms with van der Waals surface area (Å²) in [5.74, 6) is 0. The van der Waals surface area contributed by atoms with Crippen LogP contribution < -0.4 is 0 Å². The van der Waals surface area contributed by atoms with Crippen molar-refractivity contribution >= 4 is 11.0 Å². The van der Waals surface area contributed by atoms with Crippen molar-refractivity contribution in [1.82, 2.24) is 9.55 Å². The molecule has 1 heterocycles. The quantitative estimate of drug-likeness (QED) is 0.766. The van der Waals surface area contributed by atoms with Crippen LogP contribution in [0.25, 0.3) is 22.2 Å². The van der Waals surface area contributed by atoms with Crippen molar-refractivity contribution < 1.29 is 18.3 Å². The summed E-state index contributed by atoms with van der Waals surface area (Å²) in [6, 6.07) is 10.6. The lowest BCUT2D eigenvalue weighted by Crippen LogP contribution is -2.25. The first-order chi connectivity index (χ1) is 11.1. The lowest BCUT2D eigenvalue weighted by Gasteiger charge is -2.18. The van der Waals surface area contributed by atoms with E-state index in [1.54, 1.807) is 20.2 Å². The van der Waals surface area contributed by atoms with Gasteiger partial charge in [-0.05, 0) is 49.2 Å². The van der Waals surface area contributed by atoms with Crippen LogP contribution in [0.4, 0.5) is 13.2 Å². The van der Waals surface area contributed by atoms with Crippen LogP contribution in [0.5, 0.6) is 0 Å². The summed E-state index contributed by atoms with van der Waals surface area (Å²) in [4.78, 5) is 4.29. The minimum atomic E-state index is -4.34. The molecular formula is C18H17F3N2O. The number of nitrogens with zero attached hydrogens (tertiary/aromatic N) is 2. The van der Waals surface area contributed by atoms with Crippen LogP contribution in [0.15, 0.2) is 48.8 Å². The number of halogens is 3. The average molecular weight is 334 g/mol. The van der Waals surface area contributed by atoms with Gasteiger partial charge in [0.1, 0.15) is 0 Å². The lowest BCUT2D eigenvalue weighted by atomic mass is 10.0. The molecule has 24 heavy (non-hydrogen) atoms. The first kappa shape index (κ1) is 16.5. The van der Waals surface area contributed by atoms with Gasteiger partial charge in [0.2, 0.25) is 0 Å². The first-order valence-corrected chi connectivity index (χ1v) is 7.48. The van der Waals surface area contributed by atoms with Gasteiger partial charge >= 0.3 is 6.18 Å². The Morgan fingerprint density at radius 3 is 2.21 bits per heavy atom. The van der Waals surface area contributed by atoms with Crippen LogP contribution in [-0.2, 0) is 12.7 Å². The number of benzene rings is 2. The van der Waals surface area contributed by atoms with Gasteiger partial charge < -0.3 is 9.67 Å². The Morgan fingerprint density at radius 2 is 1.62 bits per heavy atom. The number of aromatic nitrogens is 2. The second-order valence-corrected chi connectivity index (χ2v) is 6.46. The van der Waals surface area contributed by atoms with E-state index in [9.17, 15) is 18.3 Å². The molecule has 0 spiro atoms. The van der Waals surface area contributed by atoms with Crippen LogP contribution >= 0.6 is 0 Å². The zero-order valence-electron chi connectivity index (χ0n) is 13.3. The number of rotatable bonds is 3. The molecule has 0 atom stereocenters. The molecule has 0 aliphatic rings. The molecule has 0 aliphatic carbocycles. The zero-order chi connectivity index (χ0) is 17.5. The highest BCUT2D eigenvalue weighted by molar-refractivity contribution is 5.82. The molecule has 0 fully saturated rings. The Kier molecular flexibility index (Phi) is 3.87. The van der Waals surface area contributed by atoms with E-state index in [4.69, 9.17) is 0 Å². The monoisotopic (exact) mass is 334 g/mol. The maximum atomic E-state index is 12.7. The molecule has 3 rings (SSSR count). The summed E-state index contributed by atoms with van der Waals surface area (Å²) in [6.07, 6.45) is -2.69. The molecule has 6 heteroatoms. The molecule has 1 N–H and O–H groups in total. The first-order valence-electron chi connectivity index (χ1n) is 7.48. The fourth-order valence-corrected chi connectivity index (χ4v) is 2.63. The van der Waals surface area contributed by atoms with E-state index in [0.717, 1.165) is 28.7 Å². The van der Waals surface area contributed by atoms with E-state index in [-0.39, 0.29) is 0 Å². The molecule has 3 nitrogen and oxygen atoms in total. The van der Waals surface area contributed by atoms with Gasteiger partial charge in [-0.25, -0.2) is 4.98 Å². The summed E-state index contributed by atoms with van der Waals surface area (Å²) in [6.45, 7) is 3.79. The highest BCUT2D eigenvalue weighted by Gasteiger charge is 2.30. The van der Waals surface area contributed by atoms with Gasteiger partial charge in [0.15, 0.2) is 0 Å². The minimum Gasteiger partial charge on any atom is -0.389 e. The second kappa shape index (κ2) is 5.63. The number of hydrogen-bond donors (Lipinski definition) is 1. The van der Waals surface area contributed by atoms with E-state index in [1.165, 1.54) is 12.1 Å². The predicted octanol–water partition coefficient (Wildman–Crippen LogP) is 4.49. The fraction of sp³-hybridized carbons (Fsp3) is 0.278. The summed E-state index contributed by atoms with van der Waals surface area (Å²) in [7, 11) is 0. The molecular weight excluding hydrogens is 317 g/mol. The van der Waals surface area contributed by atoms with Crippen LogP contribution in [0.1, 0.15) is 19.4 Å². The standard InChI is InChI=1S/C18H17F3N2O/c1-17(2,24)10-23-11-22-15-8-5-13(9-16(15)23)12-3-6-14(7-4-12)18(19,20)21/h3-9,11,24H,10H2,1-2H3. The van der Waals surface area contributed by atoms with Crippen molar-refractivity contribution in [2.24, 2.45) is 0 Å². The Bertz CT molecular complexity index is 859. The van der Waals surface area contributed by atoms with E-state index in [0.29, 0.717) is 12.1 Å². The highest BCUT2D eigenvalue weighted by Crippen LogP contribution is 2.31. The molecule has 1 aromatic heterocycles. The van der Waals surface area contributed by atoms with Crippen LogP contribution in [0, 0.1) is 0 Å². The summed E-state index contributed by atoms with van der Waals surface area (Å²) >= 11 is 0. The van der Waals surface area contributed by atoms with Crippen molar-refractivity contribution in [2.45, 2.75) is 32.2 Å². The van der Waals surface area contributed by atoms with Crippen LogP contribution in [-0.4, -0.2) is 20.3 Å². The van der Waals surface area contributed by atoms with Crippen molar-refractivity contribution in [2.75, 3.05) is 0 Å². The summed E-state index contributed by atoms with van der Waals surface area (Å²) < 4.78 is 39.8. The molecule has 0 radical (unpaired) electrons. The van der Waals surface area contributed by atoms with E-state index in [2.05, 4.69) is 4.98 Å². The third-order valence-electron chi connectivity index (χ3n) is 3.72. The number of fused-ring (bicyclic) bond motifs is 1. The van der Waals surface area contributed by atoms with Gasteiger partial charge in [0.25, 0.3) is 0 Å². The van der Waals surface area contributed by atoms with Crippen molar-refractivity contribution in [1.29, 1.82) is 0 Å². The molecule has 0 saturated heterocycles. The van der Waals surface area contributed by atoms with Gasteiger partial charge in [-0.2, -0.15) is 13.2 Å². The average Bonchev–Trinajstić information content (AvgIpc) is 2.87. The normalized spacial score (nSPS) is 12.8. The van der Waals surface area contributed by atoms with Crippen molar-refractivity contribution in [3.8, 4) is 11.1 Å². The fourth-order valence-electron chi connectivity index (χ4n) is 2.63. The number of imidazole rings is 1. The van der Waals surface area contributed by atoms with E-state index < -0.39 is 17.3 Å². The molecule has 0 bridgehead atoms. The number of hydrogen-bond acceptors (Lipinski definition) is 2. The zero-order valence-corrected chi connectivity index (χ0v) is 13.3. The summed E-state index contributed by atoms with van der Waals surface area (Å²) in [5.41, 5.74) is 1.54. The Morgan fingerprint density at radius 1 is 1.00 bits per heavy atom. The number of aliphatic hydroxyl groups is 1. The van der Waals surface area contributed by atoms with Crippen LogP contribution in [0.2, 0.25) is 0 Å². The SMILES string of the molecule is CC(C)(O)Cn1cnc2ccc(-c3ccc(C(F)(F)F)cc3)cc21. The lowest BCUT2D eigenvalue weighted by molar-refractivity contribution is -0.137. The molecule has 126 valence electrons. The molecule has 0 amide bonds. The molecule has 0 unspecified atom stereocenters. The van der Waals surface area contributed by atoms with Gasteiger partial charge in [-0.1, -0.05) is 18.2 Å². The molecule has 3 aromatic rings. The summed E-state index contributed by atoms with van der Waals surface area (Å²) in [5, 5.41) is 9.99. The third kappa shape index (κ3) is 3.43. The molecule has 0 saturated carbocycles. The Labute approximate surface area is 137 Å². The van der Waals surface area contributed by atoms with E-state index >= 15 is 0 Å². The van der Waals surface area contributed by atoms with Crippen molar-refractivity contribution in [3.63, 3.8) is 0 Å². The topological polar surface area (TPSA) is 38.0 Å². The maximum Gasteiger partial charge on any atom is 0.416 e. The highest BCUT2D eigenvalue weighted by atomic mass is 19.4. The smallest absolute Gasteiger partial charge is 0.389 e. The number of alkyl halides is 3. The Hall–Kier alpha value is -2.34. The minimum absolute atomic E-state index is 0.375. The van der Waals surface area contributed by atoms with E-state index in [1.807, 2.05) is 22.8 Å². The van der Waals surface area contributed by atoms with Gasteiger partial charge in [-0.15, -0.1) is 0 Å². The third-order valence-corrected chi connectivity index (χ3v) is 3.72. The van der Waals surface area contributed by atoms with Crippen molar-refractivity contribution in [3.05, 3.63) is 54.4 Å². The van der Waals surface area contributed by atoms with Gasteiger partial charge in [-0.3, -0.25) is 0 Å². The van der Waals surface area contributed by atoms with Gasteiger partial charge in [0, 0.05) is 0 Å². The second-order valence-electron chi connectivity index (χ2n) is 6.46.